The fourth-order valence-electron chi connectivity index (χ4n) is 4.25. The number of halogens is 3. The molecule has 0 radical (unpaired) electrons. The molecular formula is C25H31Cl3SiTi. The Morgan fingerprint density at radius 2 is 1.53 bits per heavy atom. The van der Waals surface area contributed by atoms with Gasteiger partial charge in [-0.3, -0.25) is 0 Å². The zero-order valence-electron chi connectivity index (χ0n) is 18.2. The quantitative estimate of drug-likeness (QED) is 0.253. The molecule has 3 rings (SSSR count). The third-order valence-electron chi connectivity index (χ3n) is 5.51. The van der Waals surface area contributed by atoms with Crippen LogP contribution in [0.25, 0.3) is 0 Å². The SMILES string of the molecule is CCCCCC1=C(Cc2ccccc2)[C]([Ti+3])=C([SiH2]c2cc(C)cc(C)c2)C1.[Cl-].[Cl-].[Cl-]. The monoisotopic (exact) mass is 512 g/mol. The van der Waals surface area contributed by atoms with E-state index >= 15 is 0 Å². The van der Waals surface area contributed by atoms with Gasteiger partial charge in [-0.1, -0.05) is 0 Å². The molecule has 0 atom stereocenters. The van der Waals surface area contributed by atoms with Crippen LogP contribution in [0, 0.1) is 13.8 Å². The number of rotatable bonds is 8. The molecule has 30 heavy (non-hydrogen) atoms. The predicted molar refractivity (Wildman–Crippen MR) is 117 cm³/mol. The average molecular weight is 514 g/mol. The van der Waals surface area contributed by atoms with Gasteiger partial charge in [0.2, 0.25) is 0 Å². The van der Waals surface area contributed by atoms with Crippen LogP contribution in [-0.2, 0) is 26.9 Å². The van der Waals surface area contributed by atoms with Crippen molar-refractivity contribution in [3.05, 3.63) is 85.4 Å². The van der Waals surface area contributed by atoms with Crippen LogP contribution in [-0.4, -0.2) is 9.52 Å². The first-order chi connectivity index (χ1) is 13.1. The van der Waals surface area contributed by atoms with Crippen LogP contribution in [0.2, 0.25) is 0 Å². The van der Waals surface area contributed by atoms with Crippen LogP contribution in [0.5, 0.6) is 0 Å². The maximum atomic E-state index is 2.42. The van der Waals surface area contributed by atoms with Gasteiger partial charge >= 0.3 is 180 Å². The maximum Gasteiger partial charge on any atom is -1.00 e. The zero-order valence-corrected chi connectivity index (χ0v) is 23.4. The van der Waals surface area contributed by atoms with Gasteiger partial charge in [-0.2, -0.15) is 0 Å². The summed E-state index contributed by atoms with van der Waals surface area (Å²) in [6, 6.07) is 18.2. The summed E-state index contributed by atoms with van der Waals surface area (Å²) in [5.74, 6) is 0. The van der Waals surface area contributed by atoms with E-state index in [9.17, 15) is 0 Å². The summed E-state index contributed by atoms with van der Waals surface area (Å²) in [6.45, 7) is 6.77. The van der Waals surface area contributed by atoms with Crippen molar-refractivity contribution in [2.24, 2.45) is 0 Å². The molecule has 0 aliphatic heterocycles. The van der Waals surface area contributed by atoms with Crippen LogP contribution in [0.15, 0.2) is 68.8 Å². The molecule has 1 aliphatic rings. The summed E-state index contributed by atoms with van der Waals surface area (Å²) in [5, 5.41) is 3.38. The topological polar surface area (TPSA) is 0 Å². The van der Waals surface area contributed by atoms with E-state index in [1.807, 2.05) is 0 Å². The summed E-state index contributed by atoms with van der Waals surface area (Å²) < 4.78 is 1.62. The molecule has 0 N–H and O–H groups in total. The summed E-state index contributed by atoms with van der Waals surface area (Å²) in [5.41, 5.74) is 7.67. The van der Waals surface area contributed by atoms with Gasteiger partial charge in [0.15, 0.2) is 0 Å². The van der Waals surface area contributed by atoms with Crippen molar-refractivity contribution in [3.8, 4) is 0 Å². The van der Waals surface area contributed by atoms with E-state index in [2.05, 4.69) is 89.7 Å². The Morgan fingerprint density at radius 3 is 2.13 bits per heavy atom. The molecule has 0 saturated heterocycles. The first-order valence-corrected chi connectivity index (χ1v) is 12.5. The van der Waals surface area contributed by atoms with Gasteiger partial charge in [0.25, 0.3) is 0 Å². The standard InChI is InChI=1S/C25H31Si.3ClH.Ti/c1-4-5-7-12-22-17-25(26-24-14-19(2)13-20(3)15-24)18-23(22)16-21-10-8-6-9-11-21;;;;/h6,8-11,13-15H,4-5,7,12,16-17,26H2,1-3H3;3*1H;/q;;;;+3/p-3. The van der Waals surface area contributed by atoms with Crippen molar-refractivity contribution >= 4 is 14.7 Å². The molecule has 0 spiro atoms. The molecule has 2 aromatic rings. The van der Waals surface area contributed by atoms with E-state index in [1.165, 1.54) is 48.8 Å². The molecule has 0 fully saturated rings. The van der Waals surface area contributed by atoms with Crippen molar-refractivity contribution in [2.45, 2.75) is 59.3 Å². The smallest absolute Gasteiger partial charge is 1.00 e. The molecule has 0 unspecified atom stereocenters. The third-order valence-corrected chi connectivity index (χ3v) is 8.94. The van der Waals surface area contributed by atoms with E-state index in [0.29, 0.717) is 0 Å². The summed E-state index contributed by atoms with van der Waals surface area (Å²) >= 11 is 2.40. The van der Waals surface area contributed by atoms with Gasteiger partial charge in [0.05, 0.1) is 0 Å². The Hall–Kier alpha value is -0.279. The van der Waals surface area contributed by atoms with Crippen molar-refractivity contribution < 1.29 is 57.7 Å². The minimum atomic E-state index is -0.368. The molecular weight excluding hydrogens is 483 g/mol. The predicted octanol–water partition coefficient (Wildman–Crippen LogP) is -3.61. The Kier molecular flexibility index (Phi) is 14.6. The van der Waals surface area contributed by atoms with Gasteiger partial charge in [0, 0.05) is 0 Å². The Morgan fingerprint density at radius 1 is 0.900 bits per heavy atom. The molecule has 1 aliphatic carbocycles. The molecule has 0 heterocycles. The van der Waals surface area contributed by atoms with E-state index < -0.39 is 0 Å². The van der Waals surface area contributed by atoms with Gasteiger partial charge in [-0.25, -0.2) is 0 Å². The zero-order chi connectivity index (χ0) is 19.2. The summed E-state index contributed by atoms with van der Waals surface area (Å²) in [6.07, 6.45) is 7.65. The molecule has 0 bridgehead atoms. The average Bonchev–Trinajstić information content (AvgIpc) is 2.91. The molecule has 0 saturated carbocycles. The fourth-order valence-corrected chi connectivity index (χ4v) is 7.38. The summed E-state index contributed by atoms with van der Waals surface area (Å²) in [7, 11) is -0.368. The van der Waals surface area contributed by atoms with Gasteiger partial charge in [-0.05, 0) is 0 Å². The van der Waals surface area contributed by atoms with Crippen molar-refractivity contribution in [2.75, 3.05) is 0 Å². The Bertz CT molecular complexity index is 840. The van der Waals surface area contributed by atoms with E-state index in [1.54, 1.807) is 25.4 Å². The molecule has 5 heteroatoms. The van der Waals surface area contributed by atoms with Crippen molar-refractivity contribution in [1.82, 2.24) is 0 Å². The second kappa shape index (κ2) is 14.7. The van der Waals surface area contributed by atoms with Crippen molar-refractivity contribution in [1.29, 1.82) is 0 Å². The molecule has 0 aromatic heterocycles. The third kappa shape index (κ3) is 8.34. The van der Waals surface area contributed by atoms with E-state index in [0.717, 1.165) is 6.42 Å². The van der Waals surface area contributed by atoms with Gasteiger partial charge in [0.1, 0.15) is 0 Å². The first kappa shape index (κ1) is 29.7. The van der Waals surface area contributed by atoms with Crippen LogP contribution >= 0.6 is 0 Å². The van der Waals surface area contributed by atoms with Crippen LogP contribution in [0.1, 0.15) is 55.7 Å². The largest absolute Gasteiger partial charge is 1.00 e. The second-order valence-corrected chi connectivity index (χ2v) is 10.8. The number of allylic oxidation sites excluding steroid dienone is 4. The number of aryl methyl sites for hydroxylation is 2. The van der Waals surface area contributed by atoms with Gasteiger partial charge in [-0.15, -0.1) is 0 Å². The number of unbranched alkanes of at least 4 members (excludes halogenated alkanes) is 2. The van der Waals surface area contributed by atoms with E-state index in [-0.39, 0.29) is 46.7 Å². The maximum absolute atomic E-state index is 2.42. The summed E-state index contributed by atoms with van der Waals surface area (Å²) in [4.78, 5) is 0. The number of hydrogen-bond donors (Lipinski definition) is 0. The minimum absolute atomic E-state index is 0. The molecule has 160 valence electrons. The Labute approximate surface area is 215 Å². The fraction of sp³-hybridized carbons (Fsp3) is 0.360. The number of hydrogen-bond acceptors (Lipinski definition) is 0. The Balaban J connectivity index is 0.00000280. The molecule has 0 nitrogen and oxygen atoms in total. The van der Waals surface area contributed by atoms with Crippen LogP contribution in [0.3, 0.4) is 0 Å². The normalized spacial score (nSPS) is 13.4. The van der Waals surface area contributed by atoms with E-state index in [4.69, 9.17) is 0 Å². The van der Waals surface area contributed by atoms with Gasteiger partial charge < -0.3 is 37.2 Å². The van der Waals surface area contributed by atoms with Crippen LogP contribution in [0.4, 0.5) is 0 Å². The first-order valence-electron chi connectivity index (χ1n) is 10.3. The van der Waals surface area contributed by atoms with Crippen molar-refractivity contribution in [3.63, 3.8) is 0 Å². The molecule has 2 aromatic carbocycles. The number of benzene rings is 2. The second-order valence-electron chi connectivity index (χ2n) is 8.03. The molecule has 0 amide bonds. The van der Waals surface area contributed by atoms with Crippen LogP contribution < -0.4 is 42.4 Å². The minimum Gasteiger partial charge on any atom is -1.00 e.